The molecular weight excluding hydrogens is 224 g/mol. The van der Waals surface area contributed by atoms with Gasteiger partial charge in [0.15, 0.2) is 5.82 Å². The minimum Gasteiger partial charge on any atom is -0.338 e. The number of benzene rings is 1. The van der Waals surface area contributed by atoms with Crippen molar-refractivity contribution in [2.75, 3.05) is 0 Å². The molecule has 1 saturated carbocycles. The van der Waals surface area contributed by atoms with E-state index in [9.17, 15) is 0 Å². The zero-order valence-electron chi connectivity index (χ0n) is 8.69. The van der Waals surface area contributed by atoms with Gasteiger partial charge in [-0.05, 0) is 18.4 Å². The number of alkyl halides is 1. The molecule has 0 bridgehead atoms. The fourth-order valence-electron chi connectivity index (χ4n) is 2.03. The largest absolute Gasteiger partial charge is 0.338 e. The molecule has 4 heteroatoms. The maximum absolute atomic E-state index is 5.66. The van der Waals surface area contributed by atoms with Gasteiger partial charge in [-0.1, -0.05) is 35.5 Å². The Morgan fingerprint density at radius 3 is 2.56 bits per heavy atom. The van der Waals surface area contributed by atoms with Crippen LogP contribution in [0, 0.1) is 0 Å². The molecule has 1 aliphatic rings. The summed E-state index contributed by atoms with van der Waals surface area (Å²) in [5.41, 5.74) is 1.24. The minimum atomic E-state index is -0.0188. The first-order valence-corrected chi connectivity index (χ1v) is 5.83. The average Bonchev–Trinajstić information content (AvgIpc) is 3.02. The van der Waals surface area contributed by atoms with Crippen molar-refractivity contribution in [2.45, 2.75) is 24.1 Å². The number of hydrogen-bond acceptors (Lipinski definition) is 3. The fourth-order valence-corrected chi connectivity index (χ4v) is 2.14. The molecular formula is C12H11ClN2O. The summed E-state index contributed by atoms with van der Waals surface area (Å²) < 4.78 is 5.07. The fraction of sp³-hybridized carbons (Fsp3) is 0.333. The Morgan fingerprint density at radius 2 is 2.00 bits per heavy atom. The van der Waals surface area contributed by atoms with Gasteiger partial charge < -0.3 is 4.52 Å². The van der Waals surface area contributed by atoms with Crippen LogP contribution < -0.4 is 0 Å². The molecule has 0 amide bonds. The number of nitrogens with zero attached hydrogens (tertiary/aromatic N) is 2. The predicted octanol–water partition coefficient (Wildman–Crippen LogP) is 2.89. The van der Waals surface area contributed by atoms with Crippen LogP contribution >= 0.6 is 11.6 Å². The normalized spacial score (nSPS) is 17.3. The molecule has 1 fully saturated rings. The number of rotatable bonds is 3. The Kier molecular flexibility index (Phi) is 2.21. The predicted molar refractivity (Wildman–Crippen MR) is 60.3 cm³/mol. The second kappa shape index (κ2) is 3.59. The molecule has 3 rings (SSSR count). The van der Waals surface area contributed by atoms with Crippen LogP contribution in [0.5, 0.6) is 0 Å². The summed E-state index contributed by atoms with van der Waals surface area (Å²) in [6, 6.07) is 10.3. The van der Waals surface area contributed by atoms with Crippen LogP contribution in [0.1, 0.15) is 30.1 Å². The van der Waals surface area contributed by atoms with Crippen molar-refractivity contribution in [1.82, 2.24) is 10.1 Å². The van der Waals surface area contributed by atoms with E-state index >= 15 is 0 Å². The maximum atomic E-state index is 5.66. The Labute approximate surface area is 98.4 Å². The van der Waals surface area contributed by atoms with Gasteiger partial charge in [0, 0.05) is 0 Å². The molecule has 1 aromatic carbocycles. The lowest BCUT2D eigenvalue weighted by Gasteiger charge is -2.09. The number of hydrogen-bond donors (Lipinski definition) is 0. The summed E-state index contributed by atoms with van der Waals surface area (Å²) in [5.74, 6) is 1.55. The van der Waals surface area contributed by atoms with Gasteiger partial charge in [0.1, 0.15) is 5.88 Å². The molecule has 0 saturated heterocycles. The van der Waals surface area contributed by atoms with Gasteiger partial charge in [0.2, 0.25) is 5.89 Å². The Balaban J connectivity index is 2.00. The highest BCUT2D eigenvalue weighted by Crippen LogP contribution is 2.52. The first-order valence-electron chi connectivity index (χ1n) is 5.30. The van der Waals surface area contributed by atoms with Crippen molar-refractivity contribution in [2.24, 2.45) is 0 Å². The highest BCUT2D eigenvalue weighted by Gasteiger charge is 2.49. The van der Waals surface area contributed by atoms with Crippen LogP contribution in [-0.2, 0) is 11.3 Å². The van der Waals surface area contributed by atoms with Crippen LogP contribution in [0.3, 0.4) is 0 Å². The molecule has 0 N–H and O–H groups in total. The van der Waals surface area contributed by atoms with Crippen molar-refractivity contribution >= 4 is 11.6 Å². The van der Waals surface area contributed by atoms with Crippen molar-refractivity contribution in [3.05, 3.63) is 47.6 Å². The van der Waals surface area contributed by atoms with Gasteiger partial charge in [-0.3, -0.25) is 0 Å². The van der Waals surface area contributed by atoms with E-state index in [1.54, 1.807) is 0 Å². The smallest absolute Gasteiger partial charge is 0.241 e. The quantitative estimate of drug-likeness (QED) is 0.767. The molecule has 16 heavy (non-hydrogen) atoms. The summed E-state index contributed by atoms with van der Waals surface area (Å²) in [5, 5.41) is 4.03. The summed E-state index contributed by atoms with van der Waals surface area (Å²) in [6.45, 7) is 0. The highest BCUT2D eigenvalue weighted by molar-refractivity contribution is 6.16. The maximum Gasteiger partial charge on any atom is 0.241 e. The molecule has 2 aromatic rings. The average molecular weight is 235 g/mol. The van der Waals surface area contributed by atoms with E-state index in [1.165, 1.54) is 5.56 Å². The lowest BCUT2D eigenvalue weighted by atomic mass is 9.95. The molecule has 82 valence electrons. The molecule has 0 radical (unpaired) electrons. The van der Waals surface area contributed by atoms with Gasteiger partial charge in [-0.15, -0.1) is 11.6 Å². The number of halogens is 1. The topological polar surface area (TPSA) is 38.9 Å². The molecule has 0 unspecified atom stereocenters. The van der Waals surface area contributed by atoms with E-state index in [0.717, 1.165) is 18.7 Å². The van der Waals surface area contributed by atoms with E-state index in [0.29, 0.717) is 5.89 Å². The molecule has 1 heterocycles. The molecule has 3 nitrogen and oxygen atoms in total. The third-order valence-corrected chi connectivity index (χ3v) is 3.32. The Morgan fingerprint density at radius 1 is 1.25 bits per heavy atom. The third-order valence-electron chi connectivity index (χ3n) is 3.09. The van der Waals surface area contributed by atoms with Crippen LogP contribution in [0.2, 0.25) is 0 Å². The van der Waals surface area contributed by atoms with Gasteiger partial charge in [-0.2, -0.15) is 4.98 Å². The van der Waals surface area contributed by atoms with Crippen LogP contribution in [0.25, 0.3) is 0 Å². The lowest BCUT2D eigenvalue weighted by molar-refractivity contribution is 0.381. The lowest BCUT2D eigenvalue weighted by Crippen LogP contribution is -2.10. The minimum absolute atomic E-state index is 0.0188. The van der Waals surface area contributed by atoms with Crippen LogP contribution in [-0.4, -0.2) is 10.1 Å². The van der Waals surface area contributed by atoms with E-state index in [1.807, 2.05) is 18.2 Å². The highest BCUT2D eigenvalue weighted by atomic mass is 35.5. The van der Waals surface area contributed by atoms with Gasteiger partial charge in [0.25, 0.3) is 0 Å². The summed E-state index contributed by atoms with van der Waals surface area (Å²) in [6.07, 6.45) is 2.16. The molecule has 1 aromatic heterocycles. The monoisotopic (exact) mass is 234 g/mol. The zero-order chi connectivity index (χ0) is 11.0. The Hall–Kier alpha value is -1.35. The molecule has 1 aliphatic carbocycles. The van der Waals surface area contributed by atoms with Crippen molar-refractivity contribution in [3.63, 3.8) is 0 Å². The zero-order valence-corrected chi connectivity index (χ0v) is 9.44. The standard InChI is InChI=1S/C12H11ClN2O/c13-8-10-14-11(15-16-10)12(6-7-12)9-4-2-1-3-5-9/h1-5H,6-8H2. The second-order valence-electron chi connectivity index (χ2n) is 4.09. The summed E-state index contributed by atoms with van der Waals surface area (Å²) in [4.78, 5) is 4.33. The Bertz CT molecular complexity index is 491. The van der Waals surface area contributed by atoms with E-state index in [-0.39, 0.29) is 11.3 Å². The van der Waals surface area contributed by atoms with Gasteiger partial charge in [-0.25, -0.2) is 0 Å². The van der Waals surface area contributed by atoms with Crippen LogP contribution in [0.4, 0.5) is 0 Å². The first kappa shape index (κ1) is 9.85. The number of aromatic nitrogens is 2. The van der Waals surface area contributed by atoms with E-state index in [2.05, 4.69) is 22.3 Å². The third kappa shape index (κ3) is 1.43. The molecule has 0 atom stereocenters. The summed E-state index contributed by atoms with van der Waals surface area (Å²) in [7, 11) is 0. The second-order valence-corrected chi connectivity index (χ2v) is 4.36. The van der Waals surface area contributed by atoms with Crippen molar-refractivity contribution in [3.8, 4) is 0 Å². The molecule has 0 spiro atoms. The molecule has 0 aliphatic heterocycles. The van der Waals surface area contributed by atoms with Crippen molar-refractivity contribution < 1.29 is 4.52 Å². The van der Waals surface area contributed by atoms with Crippen LogP contribution in [0.15, 0.2) is 34.9 Å². The van der Waals surface area contributed by atoms with E-state index < -0.39 is 0 Å². The summed E-state index contributed by atoms with van der Waals surface area (Å²) >= 11 is 5.66. The van der Waals surface area contributed by atoms with Gasteiger partial charge >= 0.3 is 0 Å². The SMILES string of the molecule is ClCc1nc(C2(c3ccccc3)CC2)no1. The van der Waals surface area contributed by atoms with E-state index in [4.69, 9.17) is 16.1 Å². The van der Waals surface area contributed by atoms with Crippen molar-refractivity contribution in [1.29, 1.82) is 0 Å². The first-order chi connectivity index (χ1) is 7.85. The van der Waals surface area contributed by atoms with Gasteiger partial charge in [0.05, 0.1) is 5.41 Å².